The molecule has 2 saturated heterocycles. The fourth-order valence-corrected chi connectivity index (χ4v) is 4.45. The van der Waals surface area contributed by atoms with Crippen LogP contribution >= 0.6 is 0 Å². The Labute approximate surface area is 121 Å². The number of fused-ring (bicyclic) bond motifs is 1. The summed E-state index contributed by atoms with van der Waals surface area (Å²) in [6, 6.07) is 1.18. The van der Waals surface area contributed by atoms with Gasteiger partial charge >= 0.3 is 5.97 Å². The van der Waals surface area contributed by atoms with Crippen LogP contribution in [0.25, 0.3) is 0 Å². The lowest BCUT2D eigenvalue weighted by molar-refractivity contribution is -0.144. The first-order chi connectivity index (χ1) is 9.64. The number of hydrogen-bond acceptors (Lipinski definition) is 4. The molecule has 5 heteroatoms. The van der Waals surface area contributed by atoms with Gasteiger partial charge in [-0.2, -0.15) is 0 Å². The topological polar surface area (TPSA) is 55.8 Å². The summed E-state index contributed by atoms with van der Waals surface area (Å²) in [5, 5.41) is 12.8. The summed E-state index contributed by atoms with van der Waals surface area (Å²) in [6.45, 7) is 7.42. The average Bonchev–Trinajstić information content (AvgIpc) is 3.05. The van der Waals surface area contributed by atoms with Crippen LogP contribution in [0.4, 0.5) is 0 Å². The second kappa shape index (κ2) is 5.62. The molecule has 3 fully saturated rings. The normalized spacial score (nSPS) is 39.0. The number of carboxylic acids is 1. The zero-order valence-electron chi connectivity index (χ0n) is 12.5. The van der Waals surface area contributed by atoms with Crippen LogP contribution in [0.15, 0.2) is 0 Å². The molecule has 1 aliphatic carbocycles. The number of hydrogen-bond donors (Lipinski definition) is 2. The number of nitrogens with one attached hydrogen (secondary N) is 1. The molecule has 3 unspecified atom stereocenters. The molecule has 114 valence electrons. The van der Waals surface area contributed by atoms with E-state index in [1.54, 1.807) is 0 Å². The lowest BCUT2D eigenvalue weighted by Crippen LogP contribution is -2.55. The maximum absolute atomic E-state index is 11.6. The van der Waals surface area contributed by atoms with Crippen LogP contribution in [0.3, 0.4) is 0 Å². The minimum Gasteiger partial charge on any atom is -0.480 e. The van der Waals surface area contributed by atoms with E-state index < -0.39 is 11.5 Å². The zero-order chi connectivity index (χ0) is 14.2. The van der Waals surface area contributed by atoms with Crippen molar-refractivity contribution in [3.8, 4) is 0 Å². The average molecular weight is 281 g/mol. The fraction of sp³-hybridized carbons (Fsp3) is 0.933. The van der Waals surface area contributed by atoms with Gasteiger partial charge in [0.1, 0.15) is 5.54 Å². The summed E-state index contributed by atoms with van der Waals surface area (Å²) in [7, 11) is 0. The van der Waals surface area contributed by atoms with Crippen molar-refractivity contribution in [2.45, 2.75) is 56.7 Å². The van der Waals surface area contributed by atoms with Crippen molar-refractivity contribution in [1.29, 1.82) is 0 Å². The Kier molecular flexibility index (Phi) is 4.02. The predicted octanol–water partition coefficient (Wildman–Crippen LogP) is 0.752. The van der Waals surface area contributed by atoms with Gasteiger partial charge in [-0.3, -0.25) is 14.6 Å². The second-order valence-electron chi connectivity index (χ2n) is 6.64. The summed E-state index contributed by atoms with van der Waals surface area (Å²) in [4.78, 5) is 16.8. The Hall–Kier alpha value is -0.650. The summed E-state index contributed by atoms with van der Waals surface area (Å²) in [5.74, 6) is -0.665. The van der Waals surface area contributed by atoms with Gasteiger partial charge in [0.15, 0.2) is 0 Å². The molecule has 0 amide bonds. The van der Waals surface area contributed by atoms with Crippen LogP contribution < -0.4 is 5.32 Å². The van der Waals surface area contributed by atoms with Crippen molar-refractivity contribution in [2.75, 3.05) is 32.7 Å². The largest absolute Gasteiger partial charge is 0.480 e. The van der Waals surface area contributed by atoms with Gasteiger partial charge in [-0.25, -0.2) is 0 Å². The minimum atomic E-state index is -0.674. The van der Waals surface area contributed by atoms with Crippen molar-refractivity contribution in [1.82, 2.24) is 15.1 Å². The SMILES string of the molecule is CCNC1(C(=O)O)CCC(N2CCN3CCCC3C2)C1. The maximum Gasteiger partial charge on any atom is 0.323 e. The van der Waals surface area contributed by atoms with Gasteiger partial charge in [0.25, 0.3) is 0 Å². The highest BCUT2D eigenvalue weighted by molar-refractivity contribution is 5.79. The second-order valence-corrected chi connectivity index (χ2v) is 6.64. The van der Waals surface area contributed by atoms with Crippen LogP contribution in [-0.2, 0) is 4.79 Å². The van der Waals surface area contributed by atoms with E-state index in [4.69, 9.17) is 0 Å². The van der Waals surface area contributed by atoms with Crippen molar-refractivity contribution in [2.24, 2.45) is 0 Å². The first kappa shape index (κ1) is 14.3. The van der Waals surface area contributed by atoms with Crippen LogP contribution in [0, 0.1) is 0 Å². The molecule has 3 rings (SSSR count). The fourth-order valence-electron chi connectivity index (χ4n) is 4.45. The first-order valence-electron chi connectivity index (χ1n) is 8.11. The van der Waals surface area contributed by atoms with E-state index in [0.717, 1.165) is 44.9 Å². The molecule has 2 heterocycles. The maximum atomic E-state index is 11.6. The highest BCUT2D eigenvalue weighted by atomic mass is 16.4. The van der Waals surface area contributed by atoms with Crippen molar-refractivity contribution < 1.29 is 9.90 Å². The number of rotatable bonds is 4. The summed E-state index contributed by atoms with van der Waals surface area (Å²) < 4.78 is 0. The van der Waals surface area contributed by atoms with E-state index in [9.17, 15) is 9.90 Å². The van der Waals surface area contributed by atoms with E-state index in [0.29, 0.717) is 6.04 Å². The van der Waals surface area contributed by atoms with Gasteiger partial charge in [0.2, 0.25) is 0 Å². The van der Waals surface area contributed by atoms with Crippen LogP contribution in [0.1, 0.15) is 39.0 Å². The number of carboxylic acid groups (broad SMARTS) is 1. The van der Waals surface area contributed by atoms with Gasteiger partial charge in [0.05, 0.1) is 0 Å². The number of nitrogens with zero attached hydrogens (tertiary/aromatic N) is 2. The Morgan fingerprint density at radius 2 is 2.05 bits per heavy atom. The molecule has 3 atom stereocenters. The molecular weight excluding hydrogens is 254 g/mol. The molecule has 0 aromatic heterocycles. The van der Waals surface area contributed by atoms with Gasteiger partial charge in [-0.15, -0.1) is 0 Å². The lowest BCUT2D eigenvalue weighted by atomic mass is 9.97. The summed E-state index contributed by atoms with van der Waals surface area (Å²) in [6.07, 6.45) is 5.21. The number of likely N-dealkylation sites (N-methyl/N-ethyl adjacent to an activating group) is 1. The predicted molar refractivity (Wildman–Crippen MR) is 77.9 cm³/mol. The van der Waals surface area contributed by atoms with E-state index in [2.05, 4.69) is 15.1 Å². The van der Waals surface area contributed by atoms with Gasteiger partial charge in [0, 0.05) is 31.7 Å². The Morgan fingerprint density at radius 1 is 1.25 bits per heavy atom. The van der Waals surface area contributed by atoms with Crippen molar-refractivity contribution >= 4 is 5.97 Å². The zero-order valence-corrected chi connectivity index (χ0v) is 12.5. The van der Waals surface area contributed by atoms with Crippen LogP contribution in [-0.4, -0.2) is 71.2 Å². The standard InChI is InChI=1S/C15H27N3O2/c1-2-16-15(14(19)20)6-5-12(10-15)18-9-8-17-7-3-4-13(17)11-18/h12-13,16H,2-11H2,1H3,(H,19,20). The number of aliphatic carboxylic acids is 1. The lowest BCUT2D eigenvalue weighted by Gasteiger charge is -2.41. The molecule has 3 aliphatic rings. The van der Waals surface area contributed by atoms with Gasteiger partial charge in [-0.1, -0.05) is 6.92 Å². The Bertz CT molecular complexity index is 376. The third-order valence-electron chi connectivity index (χ3n) is 5.55. The minimum absolute atomic E-state index is 0.452. The molecule has 5 nitrogen and oxygen atoms in total. The van der Waals surface area contributed by atoms with Gasteiger partial charge < -0.3 is 10.4 Å². The molecule has 0 bridgehead atoms. The Balaban J connectivity index is 1.63. The molecule has 2 N–H and O–H groups in total. The van der Waals surface area contributed by atoms with Crippen molar-refractivity contribution in [3.63, 3.8) is 0 Å². The highest BCUT2D eigenvalue weighted by Gasteiger charge is 2.47. The third kappa shape index (κ3) is 2.47. The molecule has 0 spiro atoms. The number of carbonyl (C=O) groups is 1. The smallest absolute Gasteiger partial charge is 0.323 e. The molecule has 0 aromatic carbocycles. The van der Waals surface area contributed by atoms with Gasteiger partial charge in [-0.05, 0) is 45.2 Å². The monoisotopic (exact) mass is 281 g/mol. The quantitative estimate of drug-likeness (QED) is 0.796. The molecule has 0 radical (unpaired) electrons. The summed E-state index contributed by atoms with van der Waals surface area (Å²) >= 11 is 0. The highest BCUT2D eigenvalue weighted by Crippen LogP contribution is 2.35. The first-order valence-corrected chi connectivity index (χ1v) is 8.11. The third-order valence-corrected chi connectivity index (χ3v) is 5.55. The molecular formula is C15H27N3O2. The summed E-state index contributed by atoms with van der Waals surface area (Å²) in [5.41, 5.74) is -0.674. The molecule has 1 saturated carbocycles. The van der Waals surface area contributed by atoms with E-state index in [1.165, 1.54) is 25.9 Å². The Morgan fingerprint density at radius 3 is 2.80 bits per heavy atom. The van der Waals surface area contributed by atoms with E-state index in [1.807, 2.05) is 6.92 Å². The molecule has 0 aromatic rings. The van der Waals surface area contributed by atoms with Crippen molar-refractivity contribution in [3.05, 3.63) is 0 Å². The van der Waals surface area contributed by atoms with Crippen LogP contribution in [0.2, 0.25) is 0 Å². The van der Waals surface area contributed by atoms with E-state index in [-0.39, 0.29) is 0 Å². The molecule has 2 aliphatic heterocycles. The van der Waals surface area contributed by atoms with Crippen LogP contribution in [0.5, 0.6) is 0 Å². The number of piperazine rings is 1. The molecule has 20 heavy (non-hydrogen) atoms. The van der Waals surface area contributed by atoms with E-state index >= 15 is 0 Å².